The molecule has 3 heterocycles. The zero-order valence-corrected chi connectivity index (χ0v) is 29.5. The second-order valence-electron chi connectivity index (χ2n) is 13.2. The summed E-state index contributed by atoms with van der Waals surface area (Å²) >= 11 is 0. The molecule has 0 fully saturated rings. The molecule has 0 radical (unpaired) electrons. The molecule has 8 rings (SSSR count). The molecule has 1 atom stereocenters. The Morgan fingerprint density at radius 2 is 1.62 bits per heavy atom. The minimum Gasteiger partial charge on any atom is -0.493 e. The van der Waals surface area contributed by atoms with Gasteiger partial charge >= 0.3 is 0 Å². The molecule has 4 aliphatic rings. The molecule has 1 aliphatic carbocycles. The van der Waals surface area contributed by atoms with Crippen LogP contribution in [0.4, 0.5) is 17.1 Å². The third-order valence-electron chi connectivity index (χ3n) is 10.1. The summed E-state index contributed by atoms with van der Waals surface area (Å²) < 4.78 is 23.9. The summed E-state index contributed by atoms with van der Waals surface area (Å²) in [5, 5.41) is 3.18. The van der Waals surface area contributed by atoms with Crippen LogP contribution in [-0.2, 0) is 19.6 Å². The third kappa shape index (κ3) is 6.61. The number of aliphatic imine (C=N–C) groups is 1. The molecule has 0 saturated carbocycles. The van der Waals surface area contributed by atoms with Crippen molar-refractivity contribution in [1.29, 1.82) is 0 Å². The Bertz CT molecular complexity index is 2170. The summed E-state index contributed by atoms with van der Waals surface area (Å²) in [5.41, 5.74) is 8.49. The van der Waals surface area contributed by atoms with E-state index in [2.05, 4.69) is 23.5 Å². The number of amides is 2. The van der Waals surface area contributed by atoms with Gasteiger partial charge in [-0.3, -0.25) is 19.5 Å². The SMILES string of the molecule is C.CNc1cc(OCc2cccc(COc3cc4c(cc3OC)C(=O)N3c5ccccc5CC3C=N4)c2)c(OC)cc1C(=O)N1CCC2=C1C=CCC2. The number of para-hydroxylation sites is 1. The molecule has 10 nitrogen and oxygen atoms in total. The number of fused-ring (bicyclic) bond motifs is 4. The summed E-state index contributed by atoms with van der Waals surface area (Å²) in [4.78, 5) is 35.9. The summed E-state index contributed by atoms with van der Waals surface area (Å²) in [7, 11) is 4.94. The summed E-state index contributed by atoms with van der Waals surface area (Å²) in [5.74, 6) is 1.79. The highest BCUT2D eigenvalue weighted by atomic mass is 16.5. The lowest BCUT2D eigenvalue weighted by Gasteiger charge is -2.22. The van der Waals surface area contributed by atoms with Crippen molar-refractivity contribution in [2.24, 2.45) is 4.99 Å². The van der Waals surface area contributed by atoms with E-state index in [1.807, 2.05) is 64.5 Å². The summed E-state index contributed by atoms with van der Waals surface area (Å²) in [6.45, 7) is 1.21. The highest BCUT2D eigenvalue weighted by molar-refractivity contribution is 6.14. The van der Waals surface area contributed by atoms with Gasteiger partial charge in [0.1, 0.15) is 13.2 Å². The van der Waals surface area contributed by atoms with Crippen molar-refractivity contribution in [3.8, 4) is 23.0 Å². The fraction of sp³-hybridized carbons (Fsp3) is 0.279. The van der Waals surface area contributed by atoms with Gasteiger partial charge in [0.05, 0.1) is 42.8 Å². The van der Waals surface area contributed by atoms with Crippen LogP contribution in [0.5, 0.6) is 23.0 Å². The predicted octanol–water partition coefficient (Wildman–Crippen LogP) is 8.28. The second-order valence-corrected chi connectivity index (χ2v) is 13.2. The van der Waals surface area contributed by atoms with Crippen LogP contribution in [0, 0.1) is 0 Å². The lowest BCUT2D eigenvalue weighted by atomic mass is 10.0. The Kier molecular flexibility index (Phi) is 9.95. The fourth-order valence-electron chi connectivity index (χ4n) is 7.49. The van der Waals surface area contributed by atoms with Gasteiger partial charge in [0.2, 0.25) is 0 Å². The molecular weight excluding hydrogens is 668 g/mol. The quantitative estimate of drug-likeness (QED) is 0.177. The van der Waals surface area contributed by atoms with E-state index >= 15 is 0 Å². The molecule has 10 heteroatoms. The Morgan fingerprint density at radius 3 is 2.38 bits per heavy atom. The van der Waals surface area contributed by atoms with E-state index in [4.69, 9.17) is 23.9 Å². The summed E-state index contributed by atoms with van der Waals surface area (Å²) in [6, 6.07) is 22.8. The number of carbonyl (C=O) groups excluding carboxylic acids is 2. The molecule has 4 aromatic carbocycles. The van der Waals surface area contributed by atoms with Crippen LogP contribution in [0.15, 0.2) is 101 Å². The Labute approximate surface area is 310 Å². The van der Waals surface area contributed by atoms with Crippen molar-refractivity contribution in [2.75, 3.05) is 38.0 Å². The van der Waals surface area contributed by atoms with Crippen LogP contribution < -0.4 is 29.2 Å². The lowest BCUT2D eigenvalue weighted by Crippen LogP contribution is -2.37. The van der Waals surface area contributed by atoms with Crippen LogP contribution in [0.1, 0.15) is 64.1 Å². The zero-order valence-electron chi connectivity index (χ0n) is 29.5. The standard InChI is InChI=1S/C42H40N4O6.CH4/c1-43-33-21-39(37(49-2)19-31(33)41(47)45-16-15-28-11-4-6-13-35(28)45)51-24-26-9-8-10-27(17-26)25-52-40-22-34-32(20-38(40)50-3)42(48)46-30(23-44-34)18-29-12-5-7-14-36(29)46;/h5-10,12-14,17,19-23,30,43H,4,11,15-16,18,24-25H2,1-3H3;1H4. The smallest absolute Gasteiger partial charge is 0.261 e. The Hall–Kier alpha value is -6.03. The van der Waals surface area contributed by atoms with E-state index in [9.17, 15) is 9.59 Å². The highest BCUT2D eigenvalue weighted by Crippen LogP contribution is 2.42. The number of nitrogens with one attached hydrogen (secondary N) is 1. The number of allylic oxidation sites excluding steroid dienone is 2. The maximum atomic E-state index is 13.8. The average Bonchev–Trinajstić information content (AvgIpc) is 3.76. The second kappa shape index (κ2) is 14.9. The van der Waals surface area contributed by atoms with Crippen LogP contribution in [-0.4, -0.2) is 56.8 Å². The van der Waals surface area contributed by atoms with E-state index in [0.717, 1.165) is 53.8 Å². The Balaban J connectivity index is 0.00000435. The van der Waals surface area contributed by atoms with Crippen molar-refractivity contribution < 1.29 is 28.5 Å². The first kappa shape index (κ1) is 35.4. The average molecular weight is 713 g/mol. The minimum atomic E-state index is -0.141. The summed E-state index contributed by atoms with van der Waals surface area (Å²) in [6.07, 6.45) is 9.72. The third-order valence-corrected chi connectivity index (χ3v) is 10.1. The molecule has 2 amide bonds. The van der Waals surface area contributed by atoms with E-state index in [-0.39, 0.29) is 38.5 Å². The largest absolute Gasteiger partial charge is 0.493 e. The van der Waals surface area contributed by atoms with Gasteiger partial charge in [0, 0.05) is 49.7 Å². The van der Waals surface area contributed by atoms with Crippen LogP contribution >= 0.6 is 0 Å². The van der Waals surface area contributed by atoms with Crippen molar-refractivity contribution >= 4 is 35.1 Å². The molecule has 0 spiro atoms. The minimum absolute atomic E-state index is 0. The molecule has 0 saturated heterocycles. The van der Waals surface area contributed by atoms with Gasteiger partial charge in [-0.2, -0.15) is 0 Å². The van der Waals surface area contributed by atoms with Crippen molar-refractivity contribution in [2.45, 2.75) is 52.4 Å². The van der Waals surface area contributed by atoms with E-state index in [0.29, 0.717) is 52.0 Å². The number of rotatable bonds is 10. The number of hydrogen-bond acceptors (Lipinski definition) is 8. The number of nitrogens with zero attached hydrogens (tertiary/aromatic N) is 3. The normalized spacial score (nSPS) is 16.6. The van der Waals surface area contributed by atoms with Gasteiger partial charge in [0.15, 0.2) is 23.0 Å². The van der Waals surface area contributed by atoms with Crippen molar-refractivity contribution in [3.05, 3.63) is 124 Å². The van der Waals surface area contributed by atoms with Gasteiger partial charge < -0.3 is 29.2 Å². The zero-order chi connectivity index (χ0) is 35.8. The molecule has 0 aromatic heterocycles. The maximum absolute atomic E-state index is 13.8. The highest BCUT2D eigenvalue weighted by Gasteiger charge is 2.36. The Morgan fingerprint density at radius 1 is 0.887 bits per heavy atom. The predicted molar refractivity (Wildman–Crippen MR) is 207 cm³/mol. The number of carbonyl (C=O) groups is 2. The topological polar surface area (TPSA) is 102 Å². The van der Waals surface area contributed by atoms with Gasteiger partial charge in [-0.15, -0.1) is 0 Å². The first-order chi connectivity index (χ1) is 25.4. The van der Waals surface area contributed by atoms with Gasteiger partial charge in [-0.05, 0) is 71.9 Å². The van der Waals surface area contributed by atoms with Crippen molar-refractivity contribution in [1.82, 2.24) is 4.90 Å². The lowest BCUT2D eigenvalue weighted by molar-refractivity contribution is 0.0823. The van der Waals surface area contributed by atoms with Crippen molar-refractivity contribution in [3.63, 3.8) is 0 Å². The van der Waals surface area contributed by atoms with E-state index in [1.165, 1.54) is 5.57 Å². The molecular formula is C43H44N4O6. The molecule has 4 aromatic rings. The molecule has 272 valence electrons. The van der Waals surface area contributed by atoms with E-state index in [1.54, 1.807) is 39.5 Å². The number of hydrogen-bond donors (Lipinski definition) is 1. The first-order valence-corrected chi connectivity index (χ1v) is 17.6. The van der Waals surface area contributed by atoms with Gasteiger partial charge in [-0.25, -0.2) is 0 Å². The van der Waals surface area contributed by atoms with Crippen LogP contribution in [0.2, 0.25) is 0 Å². The maximum Gasteiger partial charge on any atom is 0.261 e. The van der Waals surface area contributed by atoms with Gasteiger partial charge in [-0.1, -0.05) is 49.9 Å². The number of benzene rings is 4. The van der Waals surface area contributed by atoms with Crippen LogP contribution in [0.25, 0.3) is 0 Å². The van der Waals surface area contributed by atoms with Crippen LogP contribution in [0.3, 0.4) is 0 Å². The fourth-order valence-corrected chi connectivity index (χ4v) is 7.49. The molecule has 53 heavy (non-hydrogen) atoms. The van der Waals surface area contributed by atoms with Gasteiger partial charge in [0.25, 0.3) is 11.8 Å². The van der Waals surface area contributed by atoms with E-state index < -0.39 is 0 Å². The first-order valence-electron chi connectivity index (χ1n) is 17.6. The molecule has 1 unspecified atom stereocenters. The molecule has 1 N–H and O–H groups in total. The molecule has 3 aliphatic heterocycles. The number of methoxy groups -OCH3 is 2. The number of anilines is 2. The molecule has 0 bridgehead atoms. The number of ether oxygens (including phenoxy) is 4. The monoisotopic (exact) mass is 712 g/mol.